The summed E-state index contributed by atoms with van der Waals surface area (Å²) in [6.07, 6.45) is 14.7. The van der Waals surface area contributed by atoms with E-state index in [0.29, 0.717) is 23.8 Å². The maximum Gasteiger partial charge on any atom is 0.223 e. The highest BCUT2D eigenvalue weighted by Gasteiger charge is 2.48. The third-order valence-electron chi connectivity index (χ3n) is 9.00. The molecule has 3 unspecified atom stereocenters. The smallest absolute Gasteiger partial charge is 0.223 e. The Morgan fingerprint density at radius 3 is 2.73 bits per heavy atom. The van der Waals surface area contributed by atoms with Crippen LogP contribution in [0.1, 0.15) is 97.2 Å². The molecule has 1 N–H and O–H groups in total. The zero-order valence-electron chi connectivity index (χ0n) is 22.9. The number of rotatable bonds is 8. The molecule has 0 spiro atoms. The number of hydrogen-bond donors (Lipinski definition) is 1. The Morgan fingerprint density at radius 2 is 2.03 bits per heavy atom. The summed E-state index contributed by atoms with van der Waals surface area (Å²) in [4.78, 5) is 20.3. The first-order valence-corrected chi connectivity index (χ1v) is 15.3. The summed E-state index contributed by atoms with van der Waals surface area (Å²) < 4.78 is 0. The zero-order valence-corrected chi connectivity index (χ0v) is 23.8. The predicted molar refractivity (Wildman–Crippen MR) is 153 cm³/mol. The van der Waals surface area contributed by atoms with Gasteiger partial charge in [0.25, 0.3) is 0 Å². The number of fused-ring (bicyclic) bond motifs is 1. The quantitative estimate of drug-likeness (QED) is 0.414. The number of likely N-dealkylation sites (tertiary alicyclic amines) is 1. The summed E-state index contributed by atoms with van der Waals surface area (Å²) in [5, 5.41) is 14.4. The van der Waals surface area contributed by atoms with Crippen LogP contribution in [0.25, 0.3) is 0 Å². The van der Waals surface area contributed by atoms with E-state index in [1.165, 1.54) is 49.1 Å². The molecule has 1 saturated heterocycles. The fourth-order valence-electron chi connectivity index (χ4n) is 6.81. The molecule has 2 saturated carbocycles. The summed E-state index contributed by atoms with van der Waals surface area (Å²) in [5.41, 5.74) is 8.01. The van der Waals surface area contributed by atoms with Crippen molar-refractivity contribution in [3.8, 4) is 0 Å². The van der Waals surface area contributed by atoms with Crippen LogP contribution in [0.5, 0.6) is 0 Å². The highest BCUT2D eigenvalue weighted by molar-refractivity contribution is 7.07. The minimum atomic E-state index is -0.00741. The molecular formula is C30H43N5OS. The SMILES string of the molecule is C/C=C1\C2CC(/C=C3/CC(C(C)C)=NN=C3C)CC2N1CC[C@H](NC(=O)C1CCCCC1)c1cscn1. The second-order valence-corrected chi connectivity index (χ2v) is 12.4. The van der Waals surface area contributed by atoms with Gasteiger partial charge in [-0.2, -0.15) is 10.2 Å². The van der Waals surface area contributed by atoms with E-state index < -0.39 is 0 Å². The Balaban J connectivity index is 1.22. The van der Waals surface area contributed by atoms with E-state index in [-0.39, 0.29) is 17.9 Å². The van der Waals surface area contributed by atoms with E-state index >= 15 is 0 Å². The summed E-state index contributed by atoms with van der Waals surface area (Å²) in [6.45, 7) is 9.64. The summed E-state index contributed by atoms with van der Waals surface area (Å²) in [5.74, 6) is 2.08. The first-order chi connectivity index (χ1) is 17.9. The van der Waals surface area contributed by atoms with Crippen LogP contribution in [0.2, 0.25) is 0 Å². The largest absolute Gasteiger partial charge is 0.371 e. The maximum atomic E-state index is 13.1. The van der Waals surface area contributed by atoms with Gasteiger partial charge in [0.15, 0.2) is 0 Å². The average molecular weight is 522 g/mol. The van der Waals surface area contributed by atoms with Crippen LogP contribution in [0.15, 0.2) is 44.5 Å². The molecule has 37 heavy (non-hydrogen) atoms. The molecule has 1 aromatic heterocycles. The van der Waals surface area contributed by atoms with Crippen LogP contribution in [-0.4, -0.2) is 39.8 Å². The van der Waals surface area contributed by atoms with E-state index in [4.69, 9.17) is 0 Å². The van der Waals surface area contributed by atoms with Gasteiger partial charge in [-0.3, -0.25) is 4.79 Å². The van der Waals surface area contributed by atoms with Crippen molar-refractivity contribution in [2.24, 2.45) is 33.9 Å². The van der Waals surface area contributed by atoms with Gasteiger partial charge in [0.05, 0.1) is 23.0 Å². The Bertz CT molecular complexity index is 1080. The molecule has 5 rings (SSSR count). The van der Waals surface area contributed by atoms with Crippen molar-refractivity contribution in [2.45, 2.75) is 97.6 Å². The van der Waals surface area contributed by atoms with Crippen molar-refractivity contribution in [1.82, 2.24) is 15.2 Å². The number of allylic oxidation sites excluding steroid dienone is 3. The Labute approximate surface area is 226 Å². The lowest BCUT2D eigenvalue weighted by atomic mass is 9.86. The second kappa shape index (κ2) is 11.6. The van der Waals surface area contributed by atoms with Crippen LogP contribution in [0.3, 0.4) is 0 Å². The Hall–Kier alpha value is -2.28. The predicted octanol–water partition coefficient (Wildman–Crippen LogP) is 6.69. The number of carbonyl (C=O) groups is 1. The minimum absolute atomic E-state index is 0.00741. The van der Waals surface area contributed by atoms with Crippen LogP contribution in [-0.2, 0) is 4.79 Å². The molecule has 3 fully saturated rings. The van der Waals surface area contributed by atoms with E-state index in [0.717, 1.165) is 43.6 Å². The Morgan fingerprint density at radius 1 is 1.22 bits per heavy atom. The molecule has 2 aliphatic carbocycles. The van der Waals surface area contributed by atoms with E-state index in [9.17, 15) is 4.79 Å². The molecule has 0 aromatic carbocycles. The van der Waals surface area contributed by atoms with Gasteiger partial charge < -0.3 is 10.2 Å². The lowest BCUT2D eigenvalue weighted by Crippen LogP contribution is -2.51. The molecule has 1 aromatic rings. The third kappa shape index (κ3) is 5.76. The highest BCUT2D eigenvalue weighted by Crippen LogP contribution is 2.50. The molecule has 1 amide bonds. The van der Waals surface area contributed by atoms with Crippen LogP contribution in [0.4, 0.5) is 0 Å². The van der Waals surface area contributed by atoms with Gasteiger partial charge in [-0.15, -0.1) is 11.3 Å². The van der Waals surface area contributed by atoms with Crippen molar-refractivity contribution in [3.63, 3.8) is 0 Å². The summed E-state index contributed by atoms with van der Waals surface area (Å²) >= 11 is 1.61. The molecule has 3 heterocycles. The van der Waals surface area contributed by atoms with Crippen LogP contribution < -0.4 is 5.32 Å². The molecule has 6 nitrogen and oxygen atoms in total. The second-order valence-electron chi connectivity index (χ2n) is 11.7. The van der Waals surface area contributed by atoms with Crippen molar-refractivity contribution in [3.05, 3.63) is 40.0 Å². The van der Waals surface area contributed by atoms with Gasteiger partial charge in [0, 0.05) is 47.6 Å². The van der Waals surface area contributed by atoms with Gasteiger partial charge >= 0.3 is 0 Å². The first-order valence-electron chi connectivity index (χ1n) is 14.4. The number of hydrogen-bond acceptors (Lipinski definition) is 6. The molecule has 4 atom stereocenters. The van der Waals surface area contributed by atoms with E-state index in [1.807, 2.05) is 5.51 Å². The fraction of sp³-hybridized carbons (Fsp3) is 0.667. The number of carbonyl (C=O) groups excluding carboxylic acids is 1. The molecule has 2 aliphatic heterocycles. The number of nitrogens with one attached hydrogen (secondary N) is 1. The van der Waals surface area contributed by atoms with Crippen LogP contribution >= 0.6 is 11.3 Å². The minimum Gasteiger partial charge on any atom is -0.371 e. The van der Waals surface area contributed by atoms with E-state index in [1.54, 1.807) is 11.3 Å². The van der Waals surface area contributed by atoms with Gasteiger partial charge in [0.1, 0.15) is 0 Å². The molecule has 7 heteroatoms. The molecule has 0 radical (unpaired) electrons. The molecule has 4 aliphatic rings. The van der Waals surface area contributed by atoms with Gasteiger partial charge in [-0.25, -0.2) is 4.98 Å². The van der Waals surface area contributed by atoms with Gasteiger partial charge in [0.2, 0.25) is 5.91 Å². The monoisotopic (exact) mass is 521 g/mol. The van der Waals surface area contributed by atoms with Crippen molar-refractivity contribution in [1.29, 1.82) is 0 Å². The average Bonchev–Trinajstić information content (AvgIpc) is 3.55. The van der Waals surface area contributed by atoms with Crippen LogP contribution in [0, 0.1) is 23.7 Å². The lowest BCUT2D eigenvalue weighted by Gasteiger charge is -2.49. The summed E-state index contributed by atoms with van der Waals surface area (Å²) in [7, 11) is 0. The van der Waals surface area contributed by atoms with Crippen molar-refractivity contribution in [2.75, 3.05) is 6.54 Å². The number of aromatic nitrogens is 1. The number of nitrogens with zero attached hydrogens (tertiary/aromatic N) is 4. The van der Waals surface area contributed by atoms with Gasteiger partial charge in [-0.1, -0.05) is 45.3 Å². The molecule has 0 bridgehead atoms. The van der Waals surface area contributed by atoms with Gasteiger partial charge in [-0.05, 0) is 63.4 Å². The number of thiazole rings is 1. The zero-order chi connectivity index (χ0) is 25.9. The van der Waals surface area contributed by atoms with Crippen molar-refractivity contribution >= 4 is 28.7 Å². The normalized spacial score (nSPS) is 29.2. The first kappa shape index (κ1) is 26.3. The standard InChI is InChI=1S/C30H43N5OS/c1-5-28-24-14-21(13-23-16-26(19(2)3)34-33-20(23)4)15-29(24)35(28)12-11-25(27-17-37-18-31-27)32-30(36)22-9-7-6-8-10-22/h5,13,17-19,21-22,24-25,29H,6-12,14-16H2,1-4H3,(H,32,36)/b23-13-,28-5+/t21?,24?,25-,29?/m0/s1. The lowest BCUT2D eigenvalue weighted by molar-refractivity contribution is -0.126. The van der Waals surface area contributed by atoms with Crippen molar-refractivity contribution < 1.29 is 4.79 Å². The summed E-state index contributed by atoms with van der Waals surface area (Å²) in [6, 6.07) is 0.587. The Kier molecular flexibility index (Phi) is 8.28. The third-order valence-corrected chi connectivity index (χ3v) is 9.61. The highest BCUT2D eigenvalue weighted by atomic mass is 32.1. The fourth-order valence-corrected chi connectivity index (χ4v) is 7.41. The van der Waals surface area contributed by atoms with E-state index in [2.05, 4.69) is 70.6 Å². The topological polar surface area (TPSA) is 70.0 Å². The maximum absolute atomic E-state index is 13.1. The number of amides is 1. The molecular weight excluding hydrogens is 478 g/mol. The molecule has 200 valence electrons.